The van der Waals surface area contributed by atoms with E-state index in [0.717, 1.165) is 4.90 Å². The van der Waals surface area contributed by atoms with Crippen molar-refractivity contribution in [3.63, 3.8) is 0 Å². The van der Waals surface area contributed by atoms with E-state index in [0.29, 0.717) is 16.7 Å². The van der Waals surface area contributed by atoms with Gasteiger partial charge in [0.25, 0.3) is 0 Å². The zero-order valence-corrected chi connectivity index (χ0v) is 11.1. The summed E-state index contributed by atoms with van der Waals surface area (Å²) in [4.78, 5) is 12.4. The molecule has 0 spiro atoms. The number of carbonyl (C=O) groups excluding carboxylic acids is 1. The van der Waals surface area contributed by atoms with E-state index in [1.807, 2.05) is 18.2 Å². The molecule has 0 aliphatic rings. The summed E-state index contributed by atoms with van der Waals surface area (Å²) in [6.45, 7) is 2.03. The van der Waals surface area contributed by atoms with Crippen LogP contribution in [0.1, 0.15) is 17.4 Å². The summed E-state index contributed by atoms with van der Waals surface area (Å²) in [6.07, 6.45) is 0. The van der Waals surface area contributed by atoms with E-state index < -0.39 is 5.97 Å². The second kappa shape index (κ2) is 5.88. The highest BCUT2D eigenvalue weighted by Crippen LogP contribution is 2.33. The quantitative estimate of drug-likeness (QED) is 0.874. The Morgan fingerprint density at radius 2 is 2.22 bits per heavy atom. The van der Waals surface area contributed by atoms with E-state index in [1.165, 1.54) is 11.8 Å². The lowest BCUT2D eigenvalue weighted by Gasteiger charge is -2.02. The maximum atomic E-state index is 11.6. The third-order valence-corrected chi connectivity index (χ3v) is 3.52. The lowest BCUT2D eigenvalue weighted by molar-refractivity contribution is 0.0515. The third-order valence-electron chi connectivity index (χ3n) is 2.03. The van der Waals surface area contributed by atoms with Gasteiger partial charge in [0.2, 0.25) is 5.69 Å². The van der Waals surface area contributed by atoms with Crippen molar-refractivity contribution in [2.45, 2.75) is 16.8 Å². The molecule has 1 N–H and O–H groups in total. The maximum absolute atomic E-state index is 11.6. The van der Waals surface area contributed by atoms with Crippen LogP contribution in [0.3, 0.4) is 0 Å². The number of ether oxygens (including phenoxy) is 1. The summed E-state index contributed by atoms with van der Waals surface area (Å²) in [5.74, 6) is -0.499. The van der Waals surface area contributed by atoms with Gasteiger partial charge in [0.15, 0.2) is 5.03 Å². The van der Waals surface area contributed by atoms with Crippen LogP contribution in [-0.4, -0.2) is 28.0 Å². The number of H-pyrrole nitrogens is 1. The average Bonchev–Trinajstić information content (AvgIpc) is 2.81. The van der Waals surface area contributed by atoms with E-state index in [-0.39, 0.29) is 5.69 Å². The smallest absolute Gasteiger partial charge is 0.361 e. The molecule has 0 aliphatic heterocycles. The number of aromatic amines is 1. The molecule has 0 fully saturated rings. The second-order valence-corrected chi connectivity index (χ2v) is 4.67. The SMILES string of the molecule is CCOC(=O)c1n[nH]nc1Sc1ccccc1Cl. The Morgan fingerprint density at radius 1 is 1.44 bits per heavy atom. The molecule has 1 heterocycles. The van der Waals surface area contributed by atoms with Crippen molar-refractivity contribution in [3.8, 4) is 0 Å². The predicted octanol–water partition coefficient (Wildman–Crippen LogP) is 2.79. The van der Waals surface area contributed by atoms with Crippen molar-refractivity contribution in [3.05, 3.63) is 35.0 Å². The van der Waals surface area contributed by atoms with Gasteiger partial charge in [-0.15, -0.1) is 10.2 Å². The zero-order chi connectivity index (χ0) is 13.0. The average molecular weight is 284 g/mol. The minimum absolute atomic E-state index is 0.168. The lowest BCUT2D eigenvalue weighted by Crippen LogP contribution is -2.06. The number of benzene rings is 1. The Kier molecular flexibility index (Phi) is 4.22. The fourth-order valence-corrected chi connectivity index (χ4v) is 2.34. The molecular formula is C11H10ClN3O2S. The number of rotatable bonds is 4. The van der Waals surface area contributed by atoms with Crippen LogP contribution in [0, 0.1) is 0 Å². The molecule has 7 heteroatoms. The molecule has 0 bridgehead atoms. The van der Waals surface area contributed by atoms with E-state index in [2.05, 4.69) is 15.4 Å². The van der Waals surface area contributed by atoms with Crippen LogP contribution < -0.4 is 0 Å². The molecule has 0 saturated heterocycles. The molecule has 2 aromatic rings. The normalized spacial score (nSPS) is 10.3. The van der Waals surface area contributed by atoms with Crippen molar-refractivity contribution in [2.75, 3.05) is 6.61 Å². The number of nitrogens with one attached hydrogen (secondary N) is 1. The van der Waals surface area contributed by atoms with Gasteiger partial charge < -0.3 is 4.74 Å². The Morgan fingerprint density at radius 3 is 2.94 bits per heavy atom. The van der Waals surface area contributed by atoms with E-state index >= 15 is 0 Å². The highest BCUT2D eigenvalue weighted by Gasteiger charge is 2.19. The number of hydrogen-bond donors (Lipinski definition) is 1. The second-order valence-electron chi connectivity index (χ2n) is 3.23. The van der Waals surface area contributed by atoms with Crippen LogP contribution in [0.4, 0.5) is 0 Å². The number of esters is 1. The highest BCUT2D eigenvalue weighted by molar-refractivity contribution is 7.99. The van der Waals surface area contributed by atoms with Gasteiger partial charge in [-0.3, -0.25) is 0 Å². The molecule has 0 aliphatic carbocycles. The Bertz CT molecular complexity index is 559. The molecule has 0 amide bonds. The molecule has 0 saturated carbocycles. The van der Waals surface area contributed by atoms with Crippen molar-refractivity contribution in [1.82, 2.24) is 15.4 Å². The standard InChI is InChI=1S/C11H10ClN3O2S/c1-2-17-11(16)9-10(14-15-13-9)18-8-6-4-3-5-7(8)12/h3-6H,2H2,1H3,(H,13,14,15). The summed E-state index contributed by atoms with van der Waals surface area (Å²) in [7, 11) is 0. The summed E-state index contributed by atoms with van der Waals surface area (Å²) >= 11 is 7.30. The summed E-state index contributed by atoms with van der Waals surface area (Å²) < 4.78 is 4.89. The Balaban J connectivity index is 2.23. The van der Waals surface area contributed by atoms with Crippen molar-refractivity contribution in [1.29, 1.82) is 0 Å². The summed E-state index contributed by atoms with van der Waals surface area (Å²) in [5.41, 5.74) is 0.168. The first kappa shape index (κ1) is 12.9. The molecule has 5 nitrogen and oxygen atoms in total. The Labute approximate surface area is 113 Å². The van der Waals surface area contributed by atoms with Crippen LogP contribution in [0.2, 0.25) is 5.02 Å². The molecule has 0 radical (unpaired) electrons. The molecular weight excluding hydrogens is 274 g/mol. The monoisotopic (exact) mass is 283 g/mol. The van der Waals surface area contributed by atoms with Gasteiger partial charge in [0.1, 0.15) is 0 Å². The minimum atomic E-state index is -0.499. The summed E-state index contributed by atoms with van der Waals surface area (Å²) in [6, 6.07) is 7.31. The molecule has 18 heavy (non-hydrogen) atoms. The fraction of sp³-hybridized carbons (Fsp3) is 0.182. The van der Waals surface area contributed by atoms with Gasteiger partial charge in [-0.2, -0.15) is 5.21 Å². The minimum Gasteiger partial charge on any atom is -0.461 e. The highest BCUT2D eigenvalue weighted by atomic mass is 35.5. The van der Waals surface area contributed by atoms with Gasteiger partial charge in [0, 0.05) is 4.90 Å². The molecule has 2 rings (SSSR count). The van der Waals surface area contributed by atoms with Crippen LogP contribution in [0.15, 0.2) is 34.2 Å². The van der Waals surface area contributed by atoms with Gasteiger partial charge >= 0.3 is 5.97 Å². The van der Waals surface area contributed by atoms with Crippen LogP contribution in [0.25, 0.3) is 0 Å². The van der Waals surface area contributed by atoms with E-state index in [4.69, 9.17) is 16.3 Å². The number of carbonyl (C=O) groups is 1. The molecule has 1 aromatic carbocycles. The van der Waals surface area contributed by atoms with Gasteiger partial charge in [0.05, 0.1) is 11.6 Å². The largest absolute Gasteiger partial charge is 0.461 e. The van der Waals surface area contributed by atoms with Gasteiger partial charge in [-0.1, -0.05) is 35.5 Å². The number of hydrogen-bond acceptors (Lipinski definition) is 5. The predicted molar refractivity (Wildman–Crippen MR) is 67.9 cm³/mol. The van der Waals surface area contributed by atoms with Crippen LogP contribution in [-0.2, 0) is 4.74 Å². The topological polar surface area (TPSA) is 67.9 Å². The third kappa shape index (κ3) is 2.83. The number of halogens is 1. The fourth-order valence-electron chi connectivity index (χ4n) is 1.26. The van der Waals surface area contributed by atoms with Crippen molar-refractivity contribution < 1.29 is 9.53 Å². The molecule has 94 valence electrons. The van der Waals surface area contributed by atoms with E-state index in [9.17, 15) is 4.79 Å². The summed E-state index contributed by atoms with van der Waals surface area (Å²) in [5, 5.41) is 11.2. The number of aromatic nitrogens is 3. The molecule has 0 unspecified atom stereocenters. The molecule has 1 aromatic heterocycles. The maximum Gasteiger partial charge on any atom is 0.361 e. The number of nitrogens with zero attached hydrogens (tertiary/aromatic N) is 2. The first-order valence-corrected chi connectivity index (χ1v) is 6.42. The lowest BCUT2D eigenvalue weighted by atomic mass is 10.4. The first-order chi connectivity index (χ1) is 8.72. The Hall–Kier alpha value is -1.53. The van der Waals surface area contributed by atoms with Crippen LogP contribution in [0.5, 0.6) is 0 Å². The van der Waals surface area contributed by atoms with Crippen molar-refractivity contribution >= 4 is 29.3 Å². The van der Waals surface area contributed by atoms with Gasteiger partial charge in [-0.25, -0.2) is 4.79 Å². The van der Waals surface area contributed by atoms with E-state index in [1.54, 1.807) is 13.0 Å². The molecule has 0 atom stereocenters. The van der Waals surface area contributed by atoms with Crippen molar-refractivity contribution in [2.24, 2.45) is 0 Å². The van der Waals surface area contributed by atoms with Gasteiger partial charge in [-0.05, 0) is 19.1 Å². The van der Waals surface area contributed by atoms with Crippen LogP contribution >= 0.6 is 23.4 Å². The zero-order valence-electron chi connectivity index (χ0n) is 9.51. The first-order valence-electron chi connectivity index (χ1n) is 5.22.